The van der Waals surface area contributed by atoms with Gasteiger partial charge in [0.1, 0.15) is 24.3 Å². The number of hydrogen-bond donors (Lipinski definition) is 0. The number of carbonyl (C=O) groups excluding carboxylic acids is 1. The van der Waals surface area contributed by atoms with Crippen molar-refractivity contribution in [1.29, 1.82) is 0 Å². The minimum atomic E-state index is -0.372. The summed E-state index contributed by atoms with van der Waals surface area (Å²) >= 11 is 0. The number of amides is 1. The smallest absolute Gasteiger partial charge is 0.277 e. The molecule has 1 aromatic rings. The molecule has 1 amide bonds. The van der Waals surface area contributed by atoms with Crippen LogP contribution in [0.2, 0.25) is 0 Å². The Bertz CT molecular complexity index is 772. The highest BCUT2D eigenvalue weighted by molar-refractivity contribution is 6.40. The van der Waals surface area contributed by atoms with Gasteiger partial charge in [0.25, 0.3) is 5.91 Å². The van der Waals surface area contributed by atoms with E-state index in [4.69, 9.17) is 4.74 Å². The third kappa shape index (κ3) is 3.09. The molecule has 0 saturated carbocycles. The highest BCUT2D eigenvalue weighted by Crippen LogP contribution is 2.13. The maximum absolute atomic E-state index is 12.2. The van der Waals surface area contributed by atoms with Gasteiger partial charge in [-0.15, -0.1) is 10.2 Å². The number of nitrogens with zero attached hydrogens (tertiary/aromatic N) is 5. The van der Waals surface area contributed by atoms with Gasteiger partial charge >= 0.3 is 0 Å². The van der Waals surface area contributed by atoms with E-state index in [9.17, 15) is 4.79 Å². The van der Waals surface area contributed by atoms with E-state index in [0.29, 0.717) is 17.0 Å². The van der Waals surface area contributed by atoms with Gasteiger partial charge in [0.2, 0.25) is 0 Å². The summed E-state index contributed by atoms with van der Waals surface area (Å²) in [4.78, 5) is 20.2. The fourth-order valence-electron chi connectivity index (χ4n) is 1.86. The lowest BCUT2D eigenvalue weighted by molar-refractivity contribution is 0.1000. The first kappa shape index (κ1) is 13.7. The van der Waals surface area contributed by atoms with Gasteiger partial charge in [0.05, 0.1) is 12.4 Å². The second-order valence-electron chi connectivity index (χ2n) is 4.34. The van der Waals surface area contributed by atoms with Crippen molar-refractivity contribution in [3.05, 3.63) is 59.6 Å². The average molecular weight is 293 g/mol. The molecule has 22 heavy (non-hydrogen) atoms. The first-order chi connectivity index (χ1) is 10.8. The van der Waals surface area contributed by atoms with E-state index in [2.05, 4.69) is 25.4 Å². The number of allylic oxidation sites excluding steroid dienone is 2. The molecule has 2 aliphatic heterocycles. The van der Waals surface area contributed by atoms with Gasteiger partial charge in [-0.25, -0.2) is 4.99 Å². The fraction of sp³-hybridized carbons (Fsp3) is 0.0667. The fourth-order valence-corrected chi connectivity index (χ4v) is 1.86. The van der Waals surface area contributed by atoms with Crippen LogP contribution in [-0.4, -0.2) is 24.0 Å². The van der Waals surface area contributed by atoms with E-state index in [0.717, 1.165) is 5.56 Å². The molecular formula is C15H11N5O2. The van der Waals surface area contributed by atoms with Gasteiger partial charge < -0.3 is 4.74 Å². The van der Waals surface area contributed by atoms with E-state index in [-0.39, 0.29) is 12.5 Å². The lowest BCUT2D eigenvalue weighted by Crippen LogP contribution is -2.06. The van der Waals surface area contributed by atoms with E-state index in [1.165, 1.54) is 24.9 Å². The van der Waals surface area contributed by atoms with E-state index in [1.54, 1.807) is 18.2 Å². The first-order valence-corrected chi connectivity index (χ1v) is 6.50. The zero-order chi connectivity index (χ0) is 15.2. The van der Waals surface area contributed by atoms with Crippen LogP contribution in [0.3, 0.4) is 0 Å². The number of carbonyl (C=O) groups is 1. The average Bonchev–Trinajstić information content (AvgIpc) is 2.99. The second kappa shape index (κ2) is 6.49. The van der Waals surface area contributed by atoms with Crippen molar-refractivity contribution in [3.63, 3.8) is 0 Å². The van der Waals surface area contributed by atoms with Crippen molar-refractivity contribution in [1.82, 2.24) is 0 Å². The zero-order valence-electron chi connectivity index (χ0n) is 11.5. The molecule has 0 N–H and O–H groups in total. The minimum Gasteiger partial charge on any atom is -0.495 e. The van der Waals surface area contributed by atoms with Crippen molar-refractivity contribution in [2.75, 3.05) is 0 Å². The SMILES string of the molecule is O=C1N=CC2=NN=N/C2=C/C=N/C=C\OCc2ccccc21. The number of benzene rings is 1. The highest BCUT2D eigenvalue weighted by atomic mass is 16.5. The molecule has 0 saturated heterocycles. The molecule has 108 valence electrons. The molecule has 7 heteroatoms. The number of aliphatic imine (C=N–C) groups is 2. The Morgan fingerprint density at radius 3 is 3.05 bits per heavy atom. The standard InChI is InChI=1S/C15H11N5O2/c21-15-12-4-2-1-3-11(12)10-22-8-7-16-6-5-13-14(9-17-15)19-20-18-13/h1-9H,10H2/b8-7-,13-5+,16-6+,17-9?. The van der Waals surface area contributed by atoms with Crippen LogP contribution in [0.4, 0.5) is 0 Å². The van der Waals surface area contributed by atoms with Gasteiger partial charge in [0, 0.05) is 17.3 Å². The van der Waals surface area contributed by atoms with Crippen LogP contribution in [0.15, 0.2) is 73.9 Å². The molecule has 0 aromatic heterocycles. The topological polar surface area (TPSA) is 88.1 Å². The summed E-state index contributed by atoms with van der Waals surface area (Å²) in [5.74, 6) is -0.372. The molecule has 0 aliphatic carbocycles. The molecule has 0 radical (unpaired) electrons. The summed E-state index contributed by atoms with van der Waals surface area (Å²) in [6.45, 7) is 0.260. The van der Waals surface area contributed by atoms with E-state index in [1.807, 2.05) is 12.1 Å². The predicted octanol–water partition coefficient (Wildman–Crippen LogP) is 2.68. The number of rotatable bonds is 0. The van der Waals surface area contributed by atoms with Crippen LogP contribution in [0.25, 0.3) is 0 Å². The van der Waals surface area contributed by atoms with Gasteiger partial charge in [0.15, 0.2) is 0 Å². The Morgan fingerprint density at radius 2 is 2.09 bits per heavy atom. The Morgan fingerprint density at radius 1 is 1.18 bits per heavy atom. The summed E-state index contributed by atoms with van der Waals surface area (Å²) in [6, 6.07) is 7.13. The van der Waals surface area contributed by atoms with Gasteiger partial charge in [-0.05, 0) is 17.4 Å². The quantitative estimate of drug-likeness (QED) is 0.736. The molecule has 1 aromatic carbocycles. The molecule has 0 unspecified atom stereocenters. The van der Waals surface area contributed by atoms with Crippen LogP contribution in [-0.2, 0) is 11.3 Å². The molecule has 0 bridgehead atoms. The van der Waals surface area contributed by atoms with Crippen LogP contribution >= 0.6 is 0 Å². The van der Waals surface area contributed by atoms with Gasteiger partial charge in [-0.2, -0.15) is 0 Å². The Kier molecular flexibility index (Phi) is 4.05. The largest absolute Gasteiger partial charge is 0.495 e. The van der Waals surface area contributed by atoms with Crippen molar-refractivity contribution in [3.8, 4) is 0 Å². The second-order valence-corrected chi connectivity index (χ2v) is 4.34. The molecule has 0 fully saturated rings. The zero-order valence-corrected chi connectivity index (χ0v) is 11.5. The van der Waals surface area contributed by atoms with Gasteiger partial charge in [-0.1, -0.05) is 18.2 Å². The lowest BCUT2D eigenvalue weighted by Gasteiger charge is -2.05. The van der Waals surface area contributed by atoms with Crippen molar-refractivity contribution in [2.45, 2.75) is 6.61 Å². The third-order valence-corrected chi connectivity index (χ3v) is 2.92. The van der Waals surface area contributed by atoms with E-state index < -0.39 is 0 Å². The summed E-state index contributed by atoms with van der Waals surface area (Å²) in [7, 11) is 0. The van der Waals surface area contributed by atoms with Gasteiger partial charge in [-0.3, -0.25) is 9.79 Å². The van der Waals surface area contributed by atoms with E-state index >= 15 is 0 Å². The summed E-state index contributed by atoms with van der Waals surface area (Å²) in [5.41, 5.74) is 2.12. The molecule has 7 nitrogen and oxygen atoms in total. The van der Waals surface area contributed by atoms with Crippen LogP contribution < -0.4 is 0 Å². The summed E-state index contributed by atoms with van der Waals surface area (Å²) < 4.78 is 5.36. The molecule has 0 spiro atoms. The molecule has 2 aliphatic rings. The van der Waals surface area contributed by atoms with Crippen molar-refractivity contribution >= 4 is 24.0 Å². The molecule has 0 atom stereocenters. The first-order valence-electron chi connectivity index (χ1n) is 6.50. The summed E-state index contributed by atoms with van der Waals surface area (Å²) in [5, 5.41) is 11.2. The Hall–Kier alpha value is -3.22. The molecular weight excluding hydrogens is 282 g/mol. The molecule has 3 rings (SSSR count). The van der Waals surface area contributed by atoms with Crippen LogP contribution in [0.1, 0.15) is 15.9 Å². The molecule has 2 heterocycles. The van der Waals surface area contributed by atoms with Crippen molar-refractivity contribution < 1.29 is 9.53 Å². The third-order valence-electron chi connectivity index (χ3n) is 2.92. The summed E-state index contributed by atoms with van der Waals surface area (Å²) in [6.07, 6.45) is 7.46. The highest BCUT2D eigenvalue weighted by Gasteiger charge is 2.13. The monoisotopic (exact) mass is 293 g/mol. The van der Waals surface area contributed by atoms with Crippen LogP contribution in [0.5, 0.6) is 0 Å². The lowest BCUT2D eigenvalue weighted by atomic mass is 10.1. The Labute approximate surface area is 126 Å². The predicted molar refractivity (Wildman–Crippen MR) is 82.1 cm³/mol. The normalized spacial score (nSPS) is 22.5. The minimum absolute atomic E-state index is 0.260. The maximum atomic E-state index is 12.2. The van der Waals surface area contributed by atoms with Crippen LogP contribution in [0, 0.1) is 0 Å². The Balaban J connectivity index is 1.98. The number of ether oxygens (including phenoxy) is 1. The van der Waals surface area contributed by atoms with Crippen molar-refractivity contribution in [2.24, 2.45) is 25.4 Å². The number of fused-ring (bicyclic) bond motifs is 2. The maximum Gasteiger partial charge on any atom is 0.277 e. The number of hydrogen-bond acceptors (Lipinski definition) is 6.